The molecule has 0 unspecified atom stereocenters. The first kappa shape index (κ1) is 20.3. The Labute approximate surface area is 158 Å². The summed E-state index contributed by atoms with van der Waals surface area (Å²) in [7, 11) is 0. The third-order valence-electron chi connectivity index (χ3n) is 4.12. The van der Waals surface area contributed by atoms with Crippen LogP contribution in [0.15, 0.2) is 30.3 Å². The zero-order valence-corrected chi connectivity index (χ0v) is 15.7. The Bertz CT molecular complexity index is 841. The monoisotopic (exact) mass is 372 g/mol. The SMILES string of the molecule is CCCc1c(OCc2cccc(C(=O)O)c2OCC)ccc(C(C)=O)c1O. The molecule has 27 heavy (non-hydrogen) atoms. The summed E-state index contributed by atoms with van der Waals surface area (Å²) in [5, 5.41) is 19.8. The summed E-state index contributed by atoms with van der Waals surface area (Å²) in [5.41, 5.74) is 1.49. The number of carboxylic acids is 1. The fourth-order valence-electron chi connectivity index (χ4n) is 2.87. The molecular weight excluding hydrogens is 348 g/mol. The molecule has 2 N–H and O–H groups in total. The van der Waals surface area contributed by atoms with Crippen molar-refractivity contribution in [1.82, 2.24) is 0 Å². The molecule has 0 bridgehead atoms. The van der Waals surface area contributed by atoms with Gasteiger partial charge in [0, 0.05) is 11.1 Å². The van der Waals surface area contributed by atoms with Gasteiger partial charge in [-0.2, -0.15) is 0 Å². The molecule has 0 aliphatic rings. The fourth-order valence-corrected chi connectivity index (χ4v) is 2.87. The molecule has 2 aromatic carbocycles. The molecule has 0 aromatic heterocycles. The third kappa shape index (κ3) is 4.58. The van der Waals surface area contributed by atoms with E-state index in [1.54, 1.807) is 25.1 Å². The van der Waals surface area contributed by atoms with Crippen molar-refractivity contribution in [3.05, 3.63) is 52.6 Å². The Morgan fingerprint density at radius 3 is 2.37 bits per heavy atom. The second-order valence-corrected chi connectivity index (χ2v) is 6.07. The number of phenolic OH excluding ortho intramolecular Hbond substituents is 1. The normalized spacial score (nSPS) is 10.5. The molecule has 0 saturated heterocycles. The quantitative estimate of drug-likeness (QED) is 0.640. The van der Waals surface area contributed by atoms with Crippen molar-refractivity contribution >= 4 is 11.8 Å². The second-order valence-electron chi connectivity index (χ2n) is 6.07. The van der Waals surface area contributed by atoms with Crippen LogP contribution in [0.3, 0.4) is 0 Å². The number of Topliss-reactive ketones (excluding diaryl/α,β-unsaturated/α-hetero) is 1. The lowest BCUT2D eigenvalue weighted by atomic mass is 10.0. The number of ketones is 1. The molecule has 2 aromatic rings. The number of rotatable bonds is 9. The first-order valence-electron chi connectivity index (χ1n) is 8.87. The predicted molar refractivity (Wildman–Crippen MR) is 101 cm³/mol. The molecule has 2 rings (SSSR count). The van der Waals surface area contributed by atoms with E-state index in [9.17, 15) is 19.8 Å². The van der Waals surface area contributed by atoms with E-state index < -0.39 is 5.97 Å². The van der Waals surface area contributed by atoms with Gasteiger partial charge in [-0.25, -0.2) is 4.79 Å². The number of aromatic carboxylic acids is 1. The lowest BCUT2D eigenvalue weighted by Gasteiger charge is -2.17. The average Bonchev–Trinajstić information content (AvgIpc) is 2.62. The van der Waals surface area contributed by atoms with Crippen LogP contribution in [0.2, 0.25) is 0 Å². The van der Waals surface area contributed by atoms with Gasteiger partial charge in [-0.3, -0.25) is 4.79 Å². The summed E-state index contributed by atoms with van der Waals surface area (Å²) in [4.78, 5) is 23.1. The smallest absolute Gasteiger partial charge is 0.339 e. The molecular formula is C21H24O6. The van der Waals surface area contributed by atoms with Crippen molar-refractivity contribution < 1.29 is 29.3 Å². The number of hydrogen-bond donors (Lipinski definition) is 2. The van der Waals surface area contributed by atoms with E-state index in [0.29, 0.717) is 29.9 Å². The Morgan fingerprint density at radius 1 is 1.04 bits per heavy atom. The summed E-state index contributed by atoms with van der Waals surface area (Å²) in [6.45, 7) is 5.55. The van der Waals surface area contributed by atoms with Crippen LogP contribution in [-0.2, 0) is 13.0 Å². The Hall–Kier alpha value is -3.02. The van der Waals surface area contributed by atoms with Crippen molar-refractivity contribution in [2.75, 3.05) is 6.61 Å². The molecule has 0 amide bonds. The number of hydrogen-bond acceptors (Lipinski definition) is 5. The minimum atomic E-state index is -1.07. The van der Waals surface area contributed by atoms with Crippen molar-refractivity contribution in [3.8, 4) is 17.2 Å². The Morgan fingerprint density at radius 2 is 1.78 bits per heavy atom. The minimum Gasteiger partial charge on any atom is -0.507 e. The lowest BCUT2D eigenvalue weighted by Crippen LogP contribution is -2.08. The number of benzene rings is 2. The maximum atomic E-state index is 11.7. The first-order chi connectivity index (χ1) is 12.9. The zero-order valence-electron chi connectivity index (χ0n) is 15.7. The average molecular weight is 372 g/mol. The van der Waals surface area contributed by atoms with Gasteiger partial charge in [0.15, 0.2) is 5.78 Å². The summed E-state index contributed by atoms with van der Waals surface area (Å²) < 4.78 is 11.4. The van der Waals surface area contributed by atoms with Crippen LogP contribution in [0.1, 0.15) is 59.0 Å². The summed E-state index contributed by atoms with van der Waals surface area (Å²) >= 11 is 0. The van der Waals surface area contributed by atoms with Gasteiger partial charge in [0.05, 0.1) is 12.2 Å². The van der Waals surface area contributed by atoms with E-state index in [-0.39, 0.29) is 35.0 Å². The predicted octanol–water partition coefficient (Wildman–Crippen LogP) is 4.22. The highest BCUT2D eigenvalue weighted by Gasteiger charge is 2.18. The number of carboxylic acid groups (broad SMARTS) is 1. The molecule has 0 aliphatic heterocycles. The van der Waals surface area contributed by atoms with Gasteiger partial charge in [-0.15, -0.1) is 0 Å². The maximum absolute atomic E-state index is 11.7. The van der Waals surface area contributed by atoms with Crippen molar-refractivity contribution in [2.45, 2.75) is 40.2 Å². The molecule has 0 heterocycles. The van der Waals surface area contributed by atoms with Gasteiger partial charge < -0.3 is 19.7 Å². The second kappa shape index (κ2) is 9.07. The fraction of sp³-hybridized carbons (Fsp3) is 0.333. The van der Waals surface area contributed by atoms with Crippen LogP contribution in [0.25, 0.3) is 0 Å². The van der Waals surface area contributed by atoms with E-state index >= 15 is 0 Å². The lowest BCUT2D eigenvalue weighted by molar-refractivity contribution is 0.0691. The van der Waals surface area contributed by atoms with Gasteiger partial charge in [-0.1, -0.05) is 25.5 Å². The largest absolute Gasteiger partial charge is 0.507 e. The number of para-hydroxylation sites is 1. The summed E-state index contributed by atoms with van der Waals surface area (Å²) in [5.74, 6) is -0.623. The van der Waals surface area contributed by atoms with Crippen LogP contribution in [0.4, 0.5) is 0 Å². The van der Waals surface area contributed by atoms with E-state index in [1.807, 2.05) is 6.92 Å². The number of aromatic hydroxyl groups is 1. The topological polar surface area (TPSA) is 93.1 Å². The minimum absolute atomic E-state index is 0.0637. The molecule has 0 aliphatic carbocycles. The molecule has 6 nitrogen and oxygen atoms in total. The van der Waals surface area contributed by atoms with Gasteiger partial charge in [-0.05, 0) is 38.5 Å². The first-order valence-corrected chi connectivity index (χ1v) is 8.87. The van der Waals surface area contributed by atoms with Crippen LogP contribution >= 0.6 is 0 Å². The van der Waals surface area contributed by atoms with E-state index in [4.69, 9.17) is 9.47 Å². The van der Waals surface area contributed by atoms with E-state index in [2.05, 4.69) is 0 Å². The van der Waals surface area contributed by atoms with Crippen LogP contribution in [0, 0.1) is 0 Å². The number of phenols is 1. The molecule has 0 spiro atoms. The highest BCUT2D eigenvalue weighted by Crippen LogP contribution is 2.34. The van der Waals surface area contributed by atoms with Gasteiger partial charge in [0.2, 0.25) is 0 Å². The van der Waals surface area contributed by atoms with Crippen LogP contribution < -0.4 is 9.47 Å². The Kier molecular flexibility index (Phi) is 6.82. The number of carbonyl (C=O) groups is 2. The van der Waals surface area contributed by atoms with E-state index in [1.165, 1.54) is 19.1 Å². The molecule has 0 saturated carbocycles. The summed E-state index contributed by atoms with van der Waals surface area (Å²) in [6, 6.07) is 8.04. The highest BCUT2D eigenvalue weighted by molar-refractivity contribution is 5.97. The van der Waals surface area contributed by atoms with Crippen molar-refractivity contribution in [2.24, 2.45) is 0 Å². The summed E-state index contributed by atoms with van der Waals surface area (Å²) in [6.07, 6.45) is 1.32. The third-order valence-corrected chi connectivity index (χ3v) is 4.12. The van der Waals surface area contributed by atoms with Crippen LogP contribution in [0.5, 0.6) is 17.2 Å². The molecule has 0 atom stereocenters. The Balaban J connectivity index is 2.36. The highest BCUT2D eigenvalue weighted by atomic mass is 16.5. The van der Waals surface area contributed by atoms with E-state index in [0.717, 1.165) is 6.42 Å². The zero-order chi connectivity index (χ0) is 20.0. The molecule has 0 fully saturated rings. The number of carbonyl (C=O) groups excluding carboxylic acids is 1. The maximum Gasteiger partial charge on any atom is 0.339 e. The van der Waals surface area contributed by atoms with Gasteiger partial charge in [0.25, 0.3) is 0 Å². The van der Waals surface area contributed by atoms with Gasteiger partial charge >= 0.3 is 5.97 Å². The van der Waals surface area contributed by atoms with Gasteiger partial charge in [0.1, 0.15) is 29.4 Å². The molecule has 0 radical (unpaired) electrons. The van der Waals surface area contributed by atoms with Crippen molar-refractivity contribution in [3.63, 3.8) is 0 Å². The molecule has 6 heteroatoms. The van der Waals surface area contributed by atoms with Crippen LogP contribution in [-0.4, -0.2) is 28.6 Å². The molecule has 144 valence electrons. The standard InChI is InChI=1S/C21H24O6/c1-4-7-16-18(11-10-15(13(3)22)19(16)23)27-12-14-8-6-9-17(21(24)25)20(14)26-5-2/h6,8-11,23H,4-5,7,12H2,1-3H3,(H,24,25). The number of ether oxygens (including phenoxy) is 2. The van der Waals surface area contributed by atoms with Crippen molar-refractivity contribution in [1.29, 1.82) is 0 Å².